The molecule has 2 aromatic heterocycles. The number of hydrogen-bond donors (Lipinski definition) is 0. The molecule has 0 fully saturated rings. The van der Waals surface area contributed by atoms with Gasteiger partial charge in [-0.25, -0.2) is 4.68 Å². The number of hydrogen-bond acceptors (Lipinski definition) is 5. The summed E-state index contributed by atoms with van der Waals surface area (Å²) in [5.74, 6) is -0.926. The predicted octanol–water partition coefficient (Wildman–Crippen LogP) is 5.27. The summed E-state index contributed by atoms with van der Waals surface area (Å²) in [6.07, 6.45) is -3.45. The first-order chi connectivity index (χ1) is 16.3. The molecule has 0 bridgehead atoms. The fraction of sp³-hybridized carbons (Fsp3) is 0.190. The highest BCUT2D eigenvalue weighted by Gasteiger charge is 2.36. The summed E-state index contributed by atoms with van der Waals surface area (Å²) in [4.78, 5) is 12.3. The summed E-state index contributed by atoms with van der Waals surface area (Å²) in [5, 5.41) is 7.28. The number of nitrogens with zero attached hydrogens (tertiary/aromatic N) is 4. The number of carbonyl (C=O) groups excluding carboxylic acids is 1. The minimum absolute atomic E-state index is 0.00491. The van der Waals surface area contributed by atoms with Gasteiger partial charge in [0.05, 0.1) is 34.2 Å². The largest absolute Gasteiger partial charge is 0.417 e. The number of Topliss-reactive ketones (excluding diaryl/α,β-unsaturated/α-hetero) is 1. The molecule has 0 atom stereocenters. The van der Waals surface area contributed by atoms with Crippen molar-refractivity contribution in [2.24, 2.45) is 0 Å². The van der Waals surface area contributed by atoms with Crippen LogP contribution in [0.3, 0.4) is 0 Å². The molecule has 2 heterocycles. The van der Waals surface area contributed by atoms with Gasteiger partial charge in [-0.1, -0.05) is 29.8 Å². The van der Waals surface area contributed by atoms with Gasteiger partial charge in [0.2, 0.25) is 0 Å². The van der Waals surface area contributed by atoms with Crippen molar-refractivity contribution in [1.29, 1.82) is 0 Å². The van der Waals surface area contributed by atoms with E-state index in [1.807, 2.05) is 0 Å². The Morgan fingerprint density at radius 2 is 1.89 bits per heavy atom. The van der Waals surface area contributed by atoms with Crippen LogP contribution < -0.4 is 0 Å². The molecule has 0 saturated heterocycles. The van der Waals surface area contributed by atoms with Gasteiger partial charge in [0.25, 0.3) is 10.0 Å². The fourth-order valence-electron chi connectivity index (χ4n) is 3.57. The van der Waals surface area contributed by atoms with Crippen LogP contribution in [0.4, 0.5) is 22.0 Å². The second-order valence-corrected chi connectivity index (χ2v) is 9.63. The second kappa shape index (κ2) is 8.72. The number of fused-ring (bicyclic) bond motifs is 1. The van der Waals surface area contributed by atoms with E-state index in [1.165, 1.54) is 31.3 Å². The zero-order chi connectivity index (χ0) is 25.7. The van der Waals surface area contributed by atoms with E-state index in [0.717, 1.165) is 18.2 Å². The van der Waals surface area contributed by atoms with Gasteiger partial charge in [-0.2, -0.15) is 44.7 Å². The third-order valence-corrected chi connectivity index (χ3v) is 7.16. The molecule has 0 aliphatic heterocycles. The number of aryl methyl sites for hydroxylation is 1. The number of aromatic nitrogens is 4. The minimum atomic E-state index is -4.81. The maximum atomic E-state index is 13.4. The van der Waals surface area contributed by atoms with Crippen molar-refractivity contribution in [3.05, 3.63) is 76.2 Å². The molecular formula is C21H14ClF5N4O3S. The Bertz CT molecular complexity index is 1560. The molecule has 0 amide bonds. The first-order valence-electron chi connectivity index (χ1n) is 9.75. The molecular weight excluding hydrogens is 519 g/mol. The van der Waals surface area contributed by atoms with Gasteiger partial charge in [0, 0.05) is 17.4 Å². The third-order valence-electron chi connectivity index (χ3n) is 5.14. The van der Waals surface area contributed by atoms with E-state index in [-0.39, 0.29) is 26.5 Å². The fourth-order valence-corrected chi connectivity index (χ4v) is 5.28. The normalized spacial score (nSPS) is 12.6. The van der Waals surface area contributed by atoms with Crippen molar-refractivity contribution in [3.63, 3.8) is 0 Å². The Morgan fingerprint density at radius 1 is 1.17 bits per heavy atom. The number of carbonyl (C=O) groups is 1. The molecule has 0 saturated carbocycles. The van der Waals surface area contributed by atoms with Gasteiger partial charge in [-0.15, -0.1) is 0 Å². The Hall–Kier alpha value is -3.32. The van der Waals surface area contributed by atoms with Crippen LogP contribution in [0.25, 0.3) is 10.9 Å². The van der Waals surface area contributed by atoms with Crippen LogP contribution in [0.1, 0.15) is 33.7 Å². The van der Waals surface area contributed by atoms with Crippen LogP contribution >= 0.6 is 11.6 Å². The molecule has 184 valence electrons. The van der Waals surface area contributed by atoms with Crippen molar-refractivity contribution in [3.8, 4) is 0 Å². The molecule has 14 heteroatoms. The van der Waals surface area contributed by atoms with E-state index in [2.05, 4.69) is 10.2 Å². The average Bonchev–Trinajstić information content (AvgIpc) is 3.37. The maximum Gasteiger partial charge on any atom is 0.417 e. The SMILES string of the molecule is Cc1nn(C(F)F)cc1S(=O)(=O)n1ncc2ccc(CC(=O)c3c(Cl)cccc3C(F)(F)F)cc21. The Morgan fingerprint density at radius 3 is 2.51 bits per heavy atom. The first-order valence-corrected chi connectivity index (χ1v) is 11.6. The predicted molar refractivity (Wildman–Crippen MR) is 115 cm³/mol. The third kappa shape index (κ3) is 4.52. The van der Waals surface area contributed by atoms with Gasteiger partial charge in [0.1, 0.15) is 4.90 Å². The van der Waals surface area contributed by atoms with Crippen LogP contribution in [0.15, 0.2) is 53.7 Å². The molecule has 35 heavy (non-hydrogen) atoms. The van der Waals surface area contributed by atoms with Crippen molar-refractivity contribution in [2.45, 2.75) is 31.0 Å². The number of benzene rings is 2. The molecule has 0 aliphatic rings. The zero-order valence-corrected chi connectivity index (χ0v) is 19.2. The highest BCUT2D eigenvalue weighted by Crippen LogP contribution is 2.36. The van der Waals surface area contributed by atoms with Gasteiger partial charge in [0.15, 0.2) is 5.78 Å². The van der Waals surface area contributed by atoms with E-state index in [4.69, 9.17) is 11.6 Å². The summed E-state index contributed by atoms with van der Waals surface area (Å²) in [6.45, 7) is -1.82. The van der Waals surface area contributed by atoms with E-state index in [9.17, 15) is 35.2 Å². The molecule has 7 nitrogen and oxygen atoms in total. The number of rotatable bonds is 6. The molecule has 2 aromatic carbocycles. The van der Waals surface area contributed by atoms with Gasteiger partial charge >= 0.3 is 12.7 Å². The molecule has 0 unspecified atom stereocenters. The molecule has 0 aliphatic carbocycles. The Labute approximate surface area is 199 Å². The zero-order valence-electron chi connectivity index (χ0n) is 17.6. The topological polar surface area (TPSA) is 86.8 Å². The van der Waals surface area contributed by atoms with Crippen LogP contribution in [0.5, 0.6) is 0 Å². The quantitative estimate of drug-likeness (QED) is 0.249. The smallest absolute Gasteiger partial charge is 0.294 e. The van der Waals surface area contributed by atoms with Crippen LogP contribution in [-0.2, 0) is 22.6 Å². The van der Waals surface area contributed by atoms with E-state index >= 15 is 0 Å². The number of ketones is 1. The molecule has 0 spiro atoms. The monoisotopic (exact) mass is 532 g/mol. The van der Waals surface area contributed by atoms with Crippen LogP contribution in [0, 0.1) is 6.92 Å². The standard InChI is InChI=1S/C21H14ClF5N4O3S/c1-11-18(10-30(29-11)20(23)24)35(33,34)31-16-7-12(5-6-13(16)9-28-31)8-17(32)19-14(21(25,26)27)3-2-4-15(19)22/h2-7,9-10,20H,8H2,1H3. The lowest BCUT2D eigenvalue weighted by molar-refractivity contribution is -0.137. The molecule has 4 rings (SSSR count). The summed E-state index contributed by atoms with van der Waals surface area (Å²) in [7, 11) is -4.46. The molecule has 4 aromatic rings. The first kappa shape index (κ1) is 24.8. The van der Waals surface area contributed by atoms with Gasteiger partial charge in [-0.3, -0.25) is 4.79 Å². The number of alkyl halides is 5. The summed E-state index contributed by atoms with van der Waals surface area (Å²) < 4.78 is 93.1. The van der Waals surface area contributed by atoms with Gasteiger partial charge < -0.3 is 0 Å². The maximum absolute atomic E-state index is 13.4. The van der Waals surface area contributed by atoms with Crippen LogP contribution in [-0.4, -0.2) is 33.2 Å². The lowest BCUT2D eigenvalue weighted by Crippen LogP contribution is -2.16. The molecule has 0 N–H and O–H groups in total. The van der Waals surface area contributed by atoms with Gasteiger partial charge in [-0.05, 0) is 30.7 Å². The lowest BCUT2D eigenvalue weighted by Gasteiger charge is -2.13. The van der Waals surface area contributed by atoms with Crippen molar-refractivity contribution in [1.82, 2.24) is 19.0 Å². The second-order valence-electron chi connectivity index (χ2n) is 7.48. The van der Waals surface area contributed by atoms with E-state index in [1.54, 1.807) is 0 Å². The summed E-state index contributed by atoms with van der Waals surface area (Å²) >= 11 is 5.89. The average molecular weight is 533 g/mol. The summed E-state index contributed by atoms with van der Waals surface area (Å²) in [5.41, 5.74) is -1.88. The number of halogens is 6. The van der Waals surface area contributed by atoms with Crippen molar-refractivity contribution < 1.29 is 35.2 Å². The Kier molecular flexibility index (Phi) is 6.18. The Balaban J connectivity index is 1.75. The van der Waals surface area contributed by atoms with Crippen LogP contribution in [0.2, 0.25) is 5.02 Å². The lowest BCUT2D eigenvalue weighted by atomic mass is 9.97. The van der Waals surface area contributed by atoms with E-state index < -0.39 is 51.0 Å². The molecule has 0 radical (unpaired) electrons. The highest BCUT2D eigenvalue weighted by molar-refractivity contribution is 7.90. The minimum Gasteiger partial charge on any atom is -0.294 e. The highest BCUT2D eigenvalue weighted by atomic mass is 35.5. The van der Waals surface area contributed by atoms with Crippen molar-refractivity contribution in [2.75, 3.05) is 0 Å². The van der Waals surface area contributed by atoms with E-state index in [0.29, 0.717) is 15.7 Å². The van der Waals surface area contributed by atoms with Crippen molar-refractivity contribution >= 4 is 38.3 Å². The summed E-state index contributed by atoms with van der Waals surface area (Å²) in [6, 6.07) is 7.12.